The smallest absolute Gasteiger partial charge is 0.330 e. The highest BCUT2D eigenvalue weighted by atomic mass is 16.5. The summed E-state index contributed by atoms with van der Waals surface area (Å²) in [4.78, 5) is 37.5. The van der Waals surface area contributed by atoms with E-state index in [0.29, 0.717) is 16.6 Å². The van der Waals surface area contributed by atoms with Gasteiger partial charge in [0.1, 0.15) is 6.54 Å². The SMILES string of the molecule is CCOC(=O)Cn1cc2c(c1-c1ccc(C(C)(C)C)cc1)c(=O)n(C)c(=O)n2C. The number of esters is 1. The zero-order valence-electron chi connectivity index (χ0n) is 17.8. The molecular formula is C22H27N3O4. The van der Waals surface area contributed by atoms with Crippen molar-refractivity contribution in [3.63, 3.8) is 0 Å². The summed E-state index contributed by atoms with van der Waals surface area (Å²) in [6, 6.07) is 7.94. The summed E-state index contributed by atoms with van der Waals surface area (Å²) in [5.74, 6) is -0.401. The van der Waals surface area contributed by atoms with E-state index in [4.69, 9.17) is 4.74 Å². The van der Waals surface area contributed by atoms with E-state index in [-0.39, 0.29) is 24.1 Å². The molecule has 29 heavy (non-hydrogen) atoms. The number of hydrogen-bond donors (Lipinski definition) is 0. The molecule has 0 spiro atoms. The molecule has 7 nitrogen and oxygen atoms in total. The highest BCUT2D eigenvalue weighted by molar-refractivity contribution is 5.94. The van der Waals surface area contributed by atoms with E-state index >= 15 is 0 Å². The molecule has 0 aliphatic rings. The first-order chi connectivity index (χ1) is 13.6. The minimum Gasteiger partial charge on any atom is -0.465 e. The minimum atomic E-state index is -0.412. The van der Waals surface area contributed by atoms with Crippen LogP contribution in [0.4, 0.5) is 0 Å². The Morgan fingerprint density at radius 1 is 1.03 bits per heavy atom. The van der Waals surface area contributed by atoms with Crippen LogP contribution in [0.15, 0.2) is 40.1 Å². The van der Waals surface area contributed by atoms with E-state index < -0.39 is 11.7 Å². The van der Waals surface area contributed by atoms with E-state index in [9.17, 15) is 14.4 Å². The van der Waals surface area contributed by atoms with Crippen LogP contribution in [-0.2, 0) is 35.6 Å². The summed E-state index contributed by atoms with van der Waals surface area (Å²) in [6.07, 6.45) is 1.67. The summed E-state index contributed by atoms with van der Waals surface area (Å²) < 4.78 is 9.29. The average Bonchev–Trinajstić information content (AvgIpc) is 3.03. The van der Waals surface area contributed by atoms with Crippen molar-refractivity contribution < 1.29 is 9.53 Å². The van der Waals surface area contributed by atoms with E-state index in [1.54, 1.807) is 24.7 Å². The molecule has 0 saturated heterocycles. The number of rotatable bonds is 4. The van der Waals surface area contributed by atoms with Gasteiger partial charge in [0.25, 0.3) is 5.56 Å². The van der Waals surface area contributed by atoms with Gasteiger partial charge in [-0.3, -0.25) is 18.7 Å². The number of nitrogens with zero attached hydrogens (tertiary/aromatic N) is 3. The summed E-state index contributed by atoms with van der Waals surface area (Å²) in [7, 11) is 3.07. The van der Waals surface area contributed by atoms with Crippen LogP contribution < -0.4 is 11.2 Å². The van der Waals surface area contributed by atoms with Gasteiger partial charge in [-0.25, -0.2) is 4.79 Å². The van der Waals surface area contributed by atoms with Crippen LogP contribution in [0.1, 0.15) is 33.3 Å². The molecule has 0 unspecified atom stereocenters. The number of aryl methyl sites for hydroxylation is 1. The van der Waals surface area contributed by atoms with Gasteiger partial charge in [0.15, 0.2) is 0 Å². The lowest BCUT2D eigenvalue weighted by atomic mass is 9.86. The van der Waals surface area contributed by atoms with E-state index in [0.717, 1.165) is 15.7 Å². The second kappa shape index (κ2) is 7.39. The molecule has 154 valence electrons. The summed E-state index contributed by atoms with van der Waals surface area (Å²) in [6.45, 7) is 8.37. The van der Waals surface area contributed by atoms with Gasteiger partial charge in [-0.1, -0.05) is 45.0 Å². The molecule has 1 aromatic carbocycles. The Morgan fingerprint density at radius 3 is 2.21 bits per heavy atom. The molecule has 3 aromatic rings. The molecule has 3 rings (SSSR count). The largest absolute Gasteiger partial charge is 0.465 e. The highest BCUT2D eigenvalue weighted by Crippen LogP contribution is 2.30. The quantitative estimate of drug-likeness (QED) is 0.634. The van der Waals surface area contributed by atoms with Gasteiger partial charge < -0.3 is 9.30 Å². The molecule has 0 atom stereocenters. The van der Waals surface area contributed by atoms with Crippen molar-refractivity contribution in [3.8, 4) is 11.3 Å². The van der Waals surface area contributed by atoms with Gasteiger partial charge in [-0.15, -0.1) is 0 Å². The van der Waals surface area contributed by atoms with Crippen LogP contribution in [0.3, 0.4) is 0 Å². The van der Waals surface area contributed by atoms with Gasteiger partial charge in [0.05, 0.1) is 23.2 Å². The lowest BCUT2D eigenvalue weighted by Crippen LogP contribution is -2.36. The zero-order chi connectivity index (χ0) is 21.5. The number of hydrogen-bond acceptors (Lipinski definition) is 4. The molecule has 0 bridgehead atoms. The molecule has 0 amide bonds. The molecule has 2 aromatic heterocycles. The Morgan fingerprint density at radius 2 is 1.66 bits per heavy atom. The first-order valence-corrected chi connectivity index (χ1v) is 9.61. The van der Waals surface area contributed by atoms with Crippen LogP contribution in [-0.4, -0.2) is 26.3 Å². The average molecular weight is 397 g/mol. The van der Waals surface area contributed by atoms with E-state index in [1.807, 2.05) is 24.3 Å². The monoisotopic (exact) mass is 397 g/mol. The third-order valence-corrected chi connectivity index (χ3v) is 5.14. The van der Waals surface area contributed by atoms with Crippen molar-refractivity contribution in [1.82, 2.24) is 13.7 Å². The maximum absolute atomic E-state index is 13.0. The second-order valence-electron chi connectivity index (χ2n) is 8.20. The van der Waals surface area contributed by atoms with Crippen LogP contribution in [0, 0.1) is 0 Å². The first-order valence-electron chi connectivity index (χ1n) is 9.61. The number of carbonyl (C=O) groups is 1. The Balaban J connectivity index is 2.32. The Kier molecular flexibility index (Phi) is 5.26. The van der Waals surface area contributed by atoms with Gasteiger partial charge in [0, 0.05) is 20.3 Å². The fourth-order valence-electron chi connectivity index (χ4n) is 3.50. The number of aromatic nitrogens is 3. The molecule has 7 heteroatoms. The molecule has 0 fully saturated rings. The van der Waals surface area contributed by atoms with Crippen LogP contribution in [0.2, 0.25) is 0 Å². The number of benzene rings is 1. The molecule has 0 N–H and O–H groups in total. The van der Waals surface area contributed by atoms with Crippen LogP contribution >= 0.6 is 0 Å². The standard InChI is InChI=1S/C22H27N3O4/c1-7-29-17(26)13-25-12-16-18(20(27)24(6)21(28)23(16)5)19(25)14-8-10-15(11-9-14)22(2,3)4/h8-12H,7,13H2,1-6H3. The third-order valence-electron chi connectivity index (χ3n) is 5.14. The number of carbonyl (C=O) groups excluding carboxylic acids is 1. The summed E-state index contributed by atoms with van der Waals surface area (Å²) in [5.41, 5.74) is 2.24. The van der Waals surface area contributed by atoms with Gasteiger partial charge in [0.2, 0.25) is 0 Å². The van der Waals surface area contributed by atoms with Crippen molar-refractivity contribution in [2.24, 2.45) is 14.1 Å². The topological polar surface area (TPSA) is 75.2 Å². The number of fused-ring (bicyclic) bond motifs is 1. The van der Waals surface area contributed by atoms with Gasteiger partial charge in [-0.05, 0) is 23.5 Å². The van der Waals surface area contributed by atoms with Gasteiger partial charge in [-0.2, -0.15) is 0 Å². The minimum absolute atomic E-state index is 0.00639. The predicted octanol–water partition coefficient (Wildman–Crippen LogP) is 2.57. The fourth-order valence-corrected chi connectivity index (χ4v) is 3.50. The Hall–Kier alpha value is -3.09. The normalized spacial score (nSPS) is 11.8. The Labute approximate surface area is 169 Å². The first kappa shape index (κ1) is 20.6. The van der Waals surface area contributed by atoms with E-state index in [2.05, 4.69) is 20.8 Å². The summed E-state index contributed by atoms with van der Waals surface area (Å²) >= 11 is 0. The Bertz CT molecular complexity index is 1190. The summed E-state index contributed by atoms with van der Waals surface area (Å²) in [5, 5.41) is 0.405. The van der Waals surface area contributed by atoms with Crippen molar-refractivity contribution in [3.05, 3.63) is 56.9 Å². The molecule has 0 aliphatic carbocycles. The van der Waals surface area contributed by atoms with Crippen LogP contribution in [0.25, 0.3) is 22.2 Å². The molecular weight excluding hydrogens is 370 g/mol. The third kappa shape index (κ3) is 3.64. The molecule has 0 saturated carbocycles. The zero-order valence-corrected chi connectivity index (χ0v) is 17.8. The highest BCUT2D eigenvalue weighted by Gasteiger charge is 2.21. The maximum atomic E-state index is 13.0. The molecule has 2 heterocycles. The lowest BCUT2D eigenvalue weighted by Gasteiger charge is -2.19. The van der Waals surface area contributed by atoms with Gasteiger partial charge >= 0.3 is 11.7 Å². The van der Waals surface area contributed by atoms with E-state index in [1.165, 1.54) is 11.6 Å². The van der Waals surface area contributed by atoms with Crippen molar-refractivity contribution >= 4 is 16.9 Å². The van der Waals surface area contributed by atoms with Crippen molar-refractivity contribution in [2.45, 2.75) is 39.7 Å². The molecule has 0 aliphatic heterocycles. The molecule has 0 radical (unpaired) electrons. The van der Waals surface area contributed by atoms with Crippen molar-refractivity contribution in [1.29, 1.82) is 0 Å². The lowest BCUT2D eigenvalue weighted by molar-refractivity contribution is -0.143. The maximum Gasteiger partial charge on any atom is 0.330 e. The number of ether oxygens (including phenoxy) is 1. The van der Waals surface area contributed by atoms with Crippen LogP contribution in [0.5, 0.6) is 0 Å². The predicted molar refractivity (Wildman–Crippen MR) is 113 cm³/mol. The fraction of sp³-hybridized carbons (Fsp3) is 0.409. The second-order valence-corrected chi connectivity index (χ2v) is 8.20. The van der Waals surface area contributed by atoms with Crippen molar-refractivity contribution in [2.75, 3.05) is 6.61 Å².